The number of aliphatic hydroxyl groups excluding tert-OH is 1. The van der Waals surface area contributed by atoms with Crippen molar-refractivity contribution < 1.29 is 14.6 Å². The number of esters is 1. The number of ether oxygens (including phenoxy) is 1. The van der Waals surface area contributed by atoms with Gasteiger partial charge in [0.15, 0.2) is 0 Å². The number of rotatable bonds is 11. The van der Waals surface area contributed by atoms with Gasteiger partial charge in [-0.15, -0.1) is 0 Å². The minimum absolute atomic E-state index is 0.0950. The number of carbonyl (C=O) groups excluding carboxylic acids is 1. The highest BCUT2D eigenvalue weighted by Gasteiger charge is 2.51. The second-order valence-corrected chi connectivity index (χ2v) is 6.13. The maximum absolute atomic E-state index is 12.4. The SMILES string of the molecule is CCCNC(CSCCCO)(C(=O)OCC)C1CC1. The third kappa shape index (κ3) is 4.97. The topological polar surface area (TPSA) is 58.6 Å². The molecule has 2 N–H and O–H groups in total. The van der Waals surface area contributed by atoms with Gasteiger partial charge in [0.1, 0.15) is 5.54 Å². The highest BCUT2D eigenvalue weighted by atomic mass is 32.2. The fraction of sp³-hybridized carbons (Fsp3) is 0.929. The molecule has 0 spiro atoms. The molecule has 1 atom stereocenters. The van der Waals surface area contributed by atoms with Crippen LogP contribution in [0.15, 0.2) is 0 Å². The van der Waals surface area contributed by atoms with Crippen LogP contribution >= 0.6 is 11.8 Å². The lowest BCUT2D eigenvalue weighted by Crippen LogP contribution is -2.57. The molecule has 5 heteroatoms. The molecule has 1 aliphatic carbocycles. The molecular formula is C14H27NO3S. The largest absolute Gasteiger partial charge is 0.465 e. The summed E-state index contributed by atoms with van der Waals surface area (Å²) in [5, 5.41) is 12.3. The first-order chi connectivity index (χ1) is 9.21. The Balaban J connectivity index is 2.64. The number of hydrogen-bond donors (Lipinski definition) is 2. The number of carbonyl (C=O) groups is 1. The molecule has 0 bridgehead atoms. The van der Waals surface area contributed by atoms with Crippen LogP contribution in [0.3, 0.4) is 0 Å². The van der Waals surface area contributed by atoms with Gasteiger partial charge in [-0.05, 0) is 50.8 Å². The van der Waals surface area contributed by atoms with Crippen LogP contribution in [0.4, 0.5) is 0 Å². The first-order valence-electron chi connectivity index (χ1n) is 7.32. The van der Waals surface area contributed by atoms with Gasteiger partial charge in [0.2, 0.25) is 0 Å². The quantitative estimate of drug-likeness (QED) is 0.449. The average Bonchev–Trinajstić information content (AvgIpc) is 3.23. The molecule has 0 radical (unpaired) electrons. The summed E-state index contributed by atoms with van der Waals surface area (Å²) in [5.41, 5.74) is -0.508. The van der Waals surface area contributed by atoms with Crippen molar-refractivity contribution in [1.29, 1.82) is 0 Å². The second kappa shape index (κ2) is 8.82. The average molecular weight is 289 g/mol. The molecule has 4 nitrogen and oxygen atoms in total. The van der Waals surface area contributed by atoms with Crippen molar-refractivity contribution in [3.05, 3.63) is 0 Å². The normalized spacial score (nSPS) is 18.1. The summed E-state index contributed by atoms with van der Waals surface area (Å²) in [4.78, 5) is 12.4. The van der Waals surface area contributed by atoms with E-state index in [1.54, 1.807) is 11.8 Å². The summed E-state index contributed by atoms with van der Waals surface area (Å²) in [6.07, 6.45) is 4.00. The van der Waals surface area contributed by atoms with Crippen molar-refractivity contribution >= 4 is 17.7 Å². The van der Waals surface area contributed by atoms with Gasteiger partial charge >= 0.3 is 5.97 Å². The zero-order chi connectivity index (χ0) is 14.1. The van der Waals surface area contributed by atoms with E-state index in [4.69, 9.17) is 9.84 Å². The number of thioether (sulfide) groups is 1. The van der Waals surface area contributed by atoms with Gasteiger partial charge in [-0.1, -0.05) is 6.92 Å². The smallest absolute Gasteiger partial charge is 0.327 e. The minimum Gasteiger partial charge on any atom is -0.465 e. The predicted octanol–water partition coefficient (Wildman–Crippen LogP) is 1.81. The molecule has 0 aromatic heterocycles. The molecule has 0 saturated heterocycles. The Morgan fingerprint density at radius 3 is 2.74 bits per heavy atom. The van der Waals surface area contributed by atoms with Crippen LogP contribution in [0.2, 0.25) is 0 Å². The molecule has 1 unspecified atom stereocenters. The standard InChI is InChI=1S/C14H27NO3S/c1-3-8-15-14(12-6-7-12,13(17)18-4-2)11-19-10-5-9-16/h12,15-16H,3-11H2,1-2H3. The lowest BCUT2D eigenvalue weighted by molar-refractivity contribution is -0.151. The summed E-state index contributed by atoms with van der Waals surface area (Å²) >= 11 is 1.73. The first-order valence-corrected chi connectivity index (χ1v) is 8.47. The zero-order valence-corrected chi connectivity index (χ0v) is 12.9. The monoisotopic (exact) mass is 289 g/mol. The van der Waals surface area contributed by atoms with Crippen molar-refractivity contribution in [2.24, 2.45) is 5.92 Å². The van der Waals surface area contributed by atoms with Crippen LogP contribution in [0.25, 0.3) is 0 Å². The van der Waals surface area contributed by atoms with E-state index in [0.29, 0.717) is 12.5 Å². The van der Waals surface area contributed by atoms with E-state index in [2.05, 4.69) is 12.2 Å². The minimum atomic E-state index is -0.508. The van der Waals surface area contributed by atoms with Crippen molar-refractivity contribution in [3.63, 3.8) is 0 Å². The van der Waals surface area contributed by atoms with E-state index in [1.807, 2.05) is 6.92 Å². The van der Waals surface area contributed by atoms with Crippen LogP contribution < -0.4 is 5.32 Å². The predicted molar refractivity (Wildman–Crippen MR) is 79.4 cm³/mol. The van der Waals surface area contributed by atoms with Crippen molar-refractivity contribution in [1.82, 2.24) is 5.32 Å². The van der Waals surface area contributed by atoms with E-state index < -0.39 is 5.54 Å². The van der Waals surface area contributed by atoms with Gasteiger partial charge < -0.3 is 15.2 Å². The molecule has 1 fully saturated rings. The van der Waals surface area contributed by atoms with E-state index in [-0.39, 0.29) is 12.6 Å². The molecule has 0 heterocycles. The lowest BCUT2D eigenvalue weighted by Gasteiger charge is -2.32. The zero-order valence-electron chi connectivity index (χ0n) is 12.1. The highest BCUT2D eigenvalue weighted by molar-refractivity contribution is 7.99. The Morgan fingerprint density at radius 2 is 2.21 bits per heavy atom. The molecule has 0 amide bonds. The lowest BCUT2D eigenvalue weighted by atomic mass is 9.95. The molecule has 0 aromatic rings. The van der Waals surface area contributed by atoms with Gasteiger partial charge in [0, 0.05) is 12.4 Å². The summed E-state index contributed by atoms with van der Waals surface area (Å²) in [6.45, 7) is 5.45. The van der Waals surface area contributed by atoms with Crippen LogP contribution in [0, 0.1) is 5.92 Å². The number of aliphatic hydroxyl groups is 1. The summed E-state index contributed by atoms with van der Waals surface area (Å²) in [7, 11) is 0. The summed E-state index contributed by atoms with van der Waals surface area (Å²) in [5.74, 6) is 1.96. The van der Waals surface area contributed by atoms with Crippen molar-refractivity contribution in [3.8, 4) is 0 Å². The van der Waals surface area contributed by atoms with E-state index in [9.17, 15) is 4.79 Å². The van der Waals surface area contributed by atoms with E-state index in [1.165, 1.54) is 0 Å². The highest BCUT2D eigenvalue weighted by Crippen LogP contribution is 2.42. The van der Waals surface area contributed by atoms with Gasteiger partial charge in [-0.2, -0.15) is 11.8 Å². The Kier molecular flexibility index (Phi) is 7.80. The maximum Gasteiger partial charge on any atom is 0.327 e. The Hall–Kier alpha value is -0.260. The van der Waals surface area contributed by atoms with E-state index >= 15 is 0 Å². The van der Waals surface area contributed by atoms with Crippen molar-refractivity contribution in [2.45, 2.75) is 45.1 Å². The molecule has 0 aromatic carbocycles. The fourth-order valence-corrected chi connectivity index (χ4v) is 3.45. The third-order valence-corrected chi connectivity index (χ3v) is 4.62. The molecule has 19 heavy (non-hydrogen) atoms. The number of nitrogens with one attached hydrogen (secondary N) is 1. The van der Waals surface area contributed by atoms with E-state index in [0.717, 1.165) is 43.7 Å². The second-order valence-electron chi connectivity index (χ2n) is 5.02. The van der Waals surface area contributed by atoms with Gasteiger partial charge in [-0.25, -0.2) is 0 Å². The Labute approximate surface area is 120 Å². The van der Waals surface area contributed by atoms with Crippen LogP contribution in [-0.4, -0.2) is 47.9 Å². The molecule has 0 aliphatic heterocycles. The Morgan fingerprint density at radius 1 is 1.47 bits per heavy atom. The van der Waals surface area contributed by atoms with Gasteiger partial charge in [-0.3, -0.25) is 4.79 Å². The molecule has 1 rings (SSSR count). The fourth-order valence-electron chi connectivity index (χ4n) is 2.19. The molecule has 112 valence electrons. The third-order valence-electron chi connectivity index (χ3n) is 3.38. The Bertz CT molecular complexity index is 271. The van der Waals surface area contributed by atoms with Gasteiger partial charge in [0.05, 0.1) is 6.61 Å². The maximum atomic E-state index is 12.4. The van der Waals surface area contributed by atoms with Crippen LogP contribution in [-0.2, 0) is 9.53 Å². The molecular weight excluding hydrogens is 262 g/mol. The van der Waals surface area contributed by atoms with Gasteiger partial charge in [0.25, 0.3) is 0 Å². The summed E-state index contributed by atoms with van der Waals surface area (Å²) < 4.78 is 5.30. The summed E-state index contributed by atoms with van der Waals surface area (Å²) in [6, 6.07) is 0. The van der Waals surface area contributed by atoms with Crippen LogP contribution in [0.1, 0.15) is 39.5 Å². The molecule has 1 saturated carbocycles. The number of hydrogen-bond acceptors (Lipinski definition) is 5. The molecule has 1 aliphatic rings. The van der Waals surface area contributed by atoms with Crippen molar-refractivity contribution in [2.75, 3.05) is 31.3 Å². The first kappa shape index (κ1) is 16.8. The van der Waals surface area contributed by atoms with Crippen LogP contribution in [0.5, 0.6) is 0 Å².